The number of nitrogens with zero attached hydrogens (tertiary/aromatic N) is 2. The topological polar surface area (TPSA) is 123 Å². The quantitative estimate of drug-likeness (QED) is 0.540. The number of hydrazone groups is 1. The summed E-state index contributed by atoms with van der Waals surface area (Å²) in [4.78, 5) is 36.0. The fourth-order valence-electron chi connectivity index (χ4n) is 2.85. The van der Waals surface area contributed by atoms with Crippen LogP contribution in [0.15, 0.2) is 53.6 Å². The summed E-state index contributed by atoms with van der Waals surface area (Å²) < 4.78 is 10.5. The number of hydrogen-bond donors (Lipinski definition) is 2. The van der Waals surface area contributed by atoms with Gasteiger partial charge in [0.15, 0.2) is 18.1 Å². The molecule has 9 heteroatoms. The van der Waals surface area contributed by atoms with Gasteiger partial charge in [-0.3, -0.25) is 9.59 Å². The van der Waals surface area contributed by atoms with Gasteiger partial charge in [-0.2, -0.15) is 5.10 Å². The highest BCUT2D eigenvalue weighted by Crippen LogP contribution is 2.30. The Hall–Kier alpha value is -3.88. The molecule has 0 bridgehead atoms. The van der Waals surface area contributed by atoms with Crippen molar-refractivity contribution in [3.8, 4) is 11.5 Å². The number of imide groups is 1. The SMILES string of the molecule is COc1cc(/C=N\N2C(=O)N[C@](C)(c3ccccc3)C2=O)ccc1OCC(N)=O. The van der Waals surface area contributed by atoms with E-state index in [4.69, 9.17) is 15.2 Å². The van der Waals surface area contributed by atoms with Crippen molar-refractivity contribution in [2.45, 2.75) is 12.5 Å². The van der Waals surface area contributed by atoms with E-state index in [9.17, 15) is 14.4 Å². The van der Waals surface area contributed by atoms with E-state index < -0.39 is 23.4 Å². The number of hydrogen-bond acceptors (Lipinski definition) is 6. The fourth-order valence-corrected chi connectivity index (χ4v) is 2.85. The molecular weight excluding hydrogens is 376 g/mol. The van der Waals surface area contributed by atoms with Crippen LogP contribution in [-0.2, 0) is 15.1 Å². The van der Waals surface area contributed by atoms with Gasteiger partial charge in [-0.25, -0.2) is 4.79 Å². The molecule has 4 amide bonds. The summed E-state index contributed by atoms with van der Waals surface area (Å²) in [5.74, 6) is -0.423. The van der Waals surface area contributed by atoms with Crippen LogP contribution >= 0.6 is 0 Å². The Labute approximate surface area is 167 Å². The van der Waals surface area contributed by atoms with Crippen LogP contribution in [0.1, 0.15) is 18.1 Å². The van der Waals surface area contributed by atoms with E-state index in [2.05, 4.69) is 10.4 Å². The first-order valence-corrected chi connectivity index (χ1v) is 8.70. The van der Waals surface area contributed by atoms with E-state index in [1.54, 1.807) is 49.4 Å². The number of carbonyl (C=O) groups is 3. The van der Waals surface area contributed by atoms with Crippen molar-refractivity contribution in [1.29, 1.82) is 0 Å². The first-order chi connectivity index (χ1) is 13.8. The van der Waals surface area contributed by atoms with Gasteiger partial charge in [-0.1, -0.05) is 30.3 Å². The molecule has 0 aliphatic carbocycles. The summed E-state index contributed by atoms with van der Waals surface area (Å²) in [6, 6.07) is 13.1. The van der Waals surface area contributed by atoms with E-state index in [-0.39, 0.29) is 6.61 Å². The predicted molar refractivity (Wildman–Crippen MR) is 104 cm³/mol. The summed E-state index contributed by atoms with van der Waals surface area (Å²) in [5.41, 5.74) is 5.09. The number of carbonyl (C=O) groups excluding carboxylic acids is 3. The highest BCUT2D eigenvalue weighted by Gasteiger charge is 2.49. The van der Waals surface area contributed by atoms with E-state index in [0.29, 0.717) is 22.6 Å². The minimum Gasteiger partial charge on any atom is -0.493 e. The van der Waals surface area contributed by atoms with Gasteiger partial charge in [0.25, 0.3) is 11.8 Å². The first kappa shape index (κ1) is 19.9. The lowest BCUT2D eigenvalue weighted by Gasteiger charge is -2.20. The predicted octanol–water partition coefficient (Wildman–Crippen LogP) is 1.36. The van der Waals surface area contributed by atoms with Crippen LogP contribution in [0.4, 0.5) is 4.79 Å². The van der Waals surface area contributed by atoms with E-state index in [0.717, 1.165) is 5.01 Å². The maximum absolute atomic E-state index is 12.8. The van der Waals surface area contributed by atoms with Gasteiger partial charge < -0.3 is 20.5 Å². The Morgan fingerprint density at radius 2 is 1.93 bits per heavy atom. The number of methoxy groups -OCH3 is 1. The van der Waals surface area contributed by atoms with Gasteiger partial charge in [-0.05, 0) is 36.2 Å². The molecule has 1 aliphatic heterocycles. The second-order valence-corrected chi connectivity index (χ2v) is 6.45. The van der Waals surface area contributed by atoms with Crippen LogP contribution in [0.2, 0.25) is 0 Å². The molecule has 0 radical (unpaired) electrons. The number of primary amides is 1. The third-order valence-electron chi connectivity index (χ3n) is 4.40. The van der Waals surface area contributed by atoms with Crippen molar-refractivity contribution < 1.29 is 23.9 Å². The zero-order valence-electron chi connectivity index (χ0n) is 15.9. The summed E-state index contributed by atoms with van der Waals surface area (Å²) in [6.07, 6.45) is 1.36. The summed E-state index contributed by atoms with van der Waals surface area (Å²) >= 11 is 0. The Kier molecular flexibility index (Phi) is 5.49. The van der Waals surface area contributed by atoms with Crippen molar-refractivity contribution in [2.75, 3.05) is 13.7 Å². The van der Waals surface area contributed by atoms with E-state index >= 15 is 0 Å². The van der Waals surface area contributed by atoms with Gasteiger partial charge in [0, 0.05) is 0 Å². The van der Waals surface area contributed by atoms with Gasteiger partial charge in [-0.15, -0.1) is 5.01 Å². The van der Waals surface area contributed by atoms with Crippen LogP contribution in [0.3, 0.4) is 0 Å². The van der Waals surface area contributed by atoms with E-state index in [1.165, 1.54) is 13.3 Å². The lowest BCUT2D eigenvalue weighted by molar-refractivity contribution is -0.131. The zero-order chi connectivity index (χ0) is 21.0. The number of rotatable bonds is 7. The first-order valence-electron chi connectivity index (χ1n) is 8.70. The number of nitrogens with one attached hydrogen (secondary N) is 1. The summed E-state index contributed by atoms with van der Waals surface area (Å²) in [6.45, 7) is 1.34. The lowest BCUT2D eigenvalue weighted by atomic mass is 9.92. The Morgan fingerprint density at radius 3 is 2.59 bits per heavy atom. The largest absolute Gasteiger partial charge is 0.493 e. The molecule has 1 atom stereocenters. The average molecular weight is 396 g/mol. The molecule has 0 aromatic heterocycles. The molecule has 0 saturated carbocycles. The standard InChI is InChI=1S/C20H20N4O5/c1-20(14-6-4-3-5-7-14)18(26)24(19(27)23-20)22-11-13-8-9-15(16(10-13)28-2)29-12-17(21)25/h3-11H,12H2,1-2H3,(H2,21,25)(H,23,27)/b22-11-/t20-/m1/s1. The van der Waals surface area contributed by atoms with Crippen molar-refractivity contribution in [3.05, 3.63) is 59.7 Å². The molecule has 1 aliphatic rings. The second kappa shape index (κ2) is 8.01. The third kappa shape index (κ3) is 4.03. The fraction of sp³-hybridized carbons (Fsp3) is 0.200. The molecule has 3 N–H and O–H groups in total. The molecule has 0 spiro atoms. The van der Waals surface area contributed by atoms with Crippen molar-refractivity contribution in [2.24, 2.45) is 10.8 Å². The highest BCUT2D eigenvalue weighted by atomic mass is 16.5. The number of urea groups is 1. The molecule has 0 unspecified atom stereocenters. The highest BCUT2D eigenvalue weighted by molar-refractivity contribution is 6.07. The normalized spacial score (nSPS) is 18.8. The Morgan fingerprint density at radius 1 is 1.21 bits per heavy atom. The van der Waals surface area contributed by atoms with Crippen LogP contribution in [0.5, 0.6) is 11.5 Å². The van der Waals surface area contributed by atoms with Crippen LogP contribution in [0.25, 0.3) is 0 Å². The van der Waals surface area contributed by atoms with Crippen molar-refractivity contribution in [3.63, 3.8) is 0 Å². The third-order valence-corrected chi connectivity index (χ3v) is 4.40. The van der Waals surface area contributed by atoms with Crippen LogP contribution < -0.4 is 20.5 Å². The summed E-state index contributed by atoms with van der Waals surface area (Å²) in [5, 5.41) is 7.50. The molecular formula is C20H20N4O5. The van der Waals surface area contributed by atoms with Gasteiger partial charge in [0.1, 0.15) is 5.54 Å². The minimum absolute atomic E-state index is 0.287. The zero-order valence-corrected chi connectivity index (χ0v) is 15.9. The molecule has 1 saturated heterocycles. The molecule has 150 valence electrons. The smallest absolute Gasteiger partial charge is 0.346 e. The number of ether oxygens (including phenoxy) is 2. The Balaban J connectivity index is 1.80. The van der Waals surface area contributed by atoms with Gasteiger partial charge in [0.05, 0.1) is 13.3 Å². The molecule has 1 fully saturated rings. The molecule has 2 aromatic carbocycles. The second-order valence-electron chi connectivity index (χ2n) is 6.45. The Bertz CT molecular complexity index is 976. The molecule has 9 nitrogen and oxygen atoms in total. The molecule has 1 heterocycles. The maximum atomic E-state index is 12.8. The average Bonchev–Trinajstić information content (AvgIpc) is 2.94. The van der Waals surface area contributed by atoms with Gasteiger partial charge >= 0.3 is 6.03 Å². The minimum atomic E-state index is -1.19. The molecule has 29 heavy (non-hydrogen) atoms. The lowest BCUT2D eigenvalue weighted by Crippen LogP contribution is -2.40. The van der Waals surface area contributed by atoms with Crippen LogP contribution in [0, 0.1) is 0 Å². The number of nitrogens with two attached hydrogens (primary N) is 1. The molecule has 2 aromatic rings. The molecule has 3 rings (SSSR count). The van der Waals surface area contributed by atoms with Crippen LogP contribution in [-0.4, -0.2) is 42.8 Å². The number of benzene rings is 2. The number of amides is 4. The van der Waals surface area contributed by atoms with Crippen molar-refractivity contribution in [1.82, 2.24) is 10.3 Å². The summed E-state index contributed by atoms with van der Waals surface area (Å²) in [7, 11) is 1.44. The van der Waals surface area contributed by atoms with Gasteiger partial charge in [0.2, 0.25) is 0 Å². The van der Waals surface area contributed by atoms with E-state index in [1.807, 2.05) is 6.07 Å². The maximum Gasteiger partial charge on any atom is 0.346 e. The van der Waals surface area contributed by atoms with Crippen molar-refractivity contribution >= 4 is 24.1 Å². The monoisotopic (exact) mass is 396 g/mol.